The molecule has 6 heteroatoms. The highest BCUT2D eigenvalue weighted by atomic mass is 16.5. The Labute approximate surface area is 111 Å². The van der Waals surface area contributed by atoms with Gasteiger partial charge in [-0.05, 0) is 25.0 Å². The number of hydrogen-bond acceptors (Lipinski definition) is 4. The van der Waals surface area contributed by atoms with E-state index in [9.17, 15) is 4.79 Å². The average molecular weight is 262 g/mol. The molecule has 0 aromatic carbocycles. The summed E-state index contributed by atoms with van der Waals surface area (Å²) in [7, 11) is 0. The van der Waals surface area contributed by atoms with Crippen molar-refractivity contribution in [1.82, 2.24) is 19.9 Å². The minimum Gasteiger partial charge on any atom is -0.453 e. The van der Waals surface area contributed by atoms with Crippen molar-refractivity contribution in [2.45, 2.75) is 26.8 Å². The highest BCUT2D eigenvalue weighted by molar-refractivity contribution is 5.77. The Kier molecular flexibility index (Phi) is 3.99. The molecule has 1 amide bonds. The first kappa shape index (κ1) is 13.3. The van der Waals surface area contributed by atoms with E-state index in [1.807, 2.05) is 25.1 Å². The molecule has 0 spiro atoms. The molecule has 2 aromatic rings. The molecule has 0 bridgehead atoms. The predicted octanol–water partition coefficient (Wildman–Crippen LogP) is 1.27. The second-order valence-corrected chi connectivity index (χ2v) is 4.80. The number of amides is 1. The summed E-state index contributed by atoms with van der Waals surface area (Å²) >= 11 is 0. The largest absolute Gasteiger partial charge is 0.453 e. The Hall–Kier alpha value is -2.11. The van der Waals surface area contributed by atoms with Crippen LogP contribution >= 0.6 is 0 Å². The van der Waals surface area contributed by atoms with Gasteiger partial charge >= 0.3 is 6.01 Å². The summed E-state index contributed by atoms with van der Waals surface area (Å²) < 4.78 is 7.07. The number of ether oxygens (including phenoxy) is 1. The number of fused-ring (bicyclic) bond motifs is 1. The van der Waals surface area contributed by atoms with E-state index in [4.69, 9.17) is 4.74 Å². The molecule has 2 heterocycles. The van der Waals surface area contributed by atoms with Crippen LogP contribution in [0.5, 0.6) is 6.01 Å². The molecular weight excluding hydrogens is 244 g/mol. The number of hydrogen-bond donors (Lipinski definition) is 1. The van der Waals surface area contributed by atoms with Gasteiger partial charge in [0, 0.05) is 12.2 Å². The van der Waals surface area contributed by atoms with Crippen molar-refractivity contribution >= 4 is 11.6 Å². The van der Waals surface area contributed by atoms with Crippen molar-refractivity contribution in [3.05, 3.63) is 24.4 Å². The van der Waals surface area contributed by atoms with Crippen LogP contribution in [0.15, 0.2) is 24.4 Å². The Morgan fingerprint density at radius 3 is 2.89 bits per heavy atom. The smallest absolute Gasteiger partial charge is 0.322 e. The minimum atomic E-state index is -0.158. The lowest BCUT2D eigenvalue weighted by molar-refractivity contribution is -0.124. The van der Waals surface area contributed by atoms with Crippen LogP contribution in [0.4, 0.5) is 0 Å². The molecule has 19 heavy (non-hydrogen) atoms. The summed E-state index contributed by atoms with van der Waals surface area (Å²) in [5.41, 5.74) is 0.688. The molecule has 1 N–H and O–H groups in total. The third kappa shape index (κ3) is 3.21. The van der Waals surface area contributed by atoms with Crippen LogP contribution in [0.3, 0.4) is 0 Å². The van der Waals surface area contributed by atoms with Gasteiger partial charge in [0.05, 0.1) is 0 Å². The molecule has 0 fully saturated rings. The Bertz CT molecular complexity index is 565. The molecule has 1 atom stereocenters. The van der Waals surface area contributed by atoms with Crippen molar-refractivity contribution in [1.29, 1.82) is 0 Å². The second kappa shape index (κ2) is 5.69. The first-order valence-corrected chi connectivity index (χ1v) is 6.30. The van der Waals surface area contributed by atoms with Crippen LogP contribution in [0, 0.1) is 5.92 Å². The lowest BCUT2D eigenvalue weighted by Gasteiger charge is -2.17. The molecule has 6 nitrogen and oxygen atoms in total. The van der Waals surface area contributed by atoms with Crippen molar-refractivity contribution in [2.24, 2.45) is 5.92 Å². The van der Waals surface area contributed by atoms with Crippen LogP contribution in [-0.2, 0) is 4.79 Å². The van der Waals surface area contributed by atoms with Crippen LogP contribution in [0.2, 0.25) is 0 Å². The van der Waals surface area contributed by atoms with Crippen LogP contribution in [0.1, 0.15) is 20.8 Å². The van der Waals surface area contributed by atoms with E-state index in [0.717, 1.165) is 0 Å². The molecule has 102 valence electrons. The van der Waals surface area contributed by atoms with Gasteiger partial charge in [0.25, 0.3) is 5.91 Å². The molecular formula is C13H18N4O2. The van der Waals surface area contributed by atoms with Gasteiger partial charge in [-0.1, -0.05) is 25.0 Å². The zero-order valence-electron chi connectivity index (χ0n) is 11.3. The molecule has 0 aliphatic heterocycles. The zero-order chi connectivity index (χ0) is 13.8. The maximum Gasteiger partial charge on any atom is 0.322 e. The normalized spacial score (nSPS) is 12.6. The Morgan fingerprint density at radius 2 is 2.16 bits per heavy atom. The average Bonchev–Trinajstić information content (AvgIpc) is 2.79. The lowest BCUT2D eigenvalue weighted by atomic mass is 10.1. The van der Waals surface area contributed by atoms with Crippen LogP contribution in [0.25, 0.3) is 5.65 Å². The number of aromatic nitrogens is 3. The number of pyridine rings is 1. The Morgan fingerprint density at radius 1 is 1.37 bits per heavy atom. The van der Waals surface area contributed by atoms with E-state index in [1.165, 1.54) is 0 Å². The van der Waals surface area contributed by atoms with Crippen molar-refractivity contribution in [2.75, 3.05) is 6.61 Å². The molecule has 0 radical (unpaired) electrons. The summed E-state index contributed by atoms with van der Waals surface area (Å²) in [4.78, 5) is 11.7. The molecule has 0 saturated heterocycles. The van der Waals surface area contributed by atoms with Gasteiger partial charge < -0.3 is 10.1 Å². The number of carbonyl (C=O) groups excluding carboxylic acids is 1. The number of nitrogens with one attached hydrogen (secondary N) is 1. The van der Waals surface area contributed by atoms with Gasteiger partial charge in [-0.2, -0.15) is 0 Å². The summed E-state index contributed by atoms with van der Waals surface area (Å²) in [5, 5.41) is 10.7. The van der Waals surface area contributed by atoms with Gasteiger partial charge in [0.2, 0.25) is 0 Å². The molecule has 2 rings (SSSR count). The highest BCUT2D eigenvalue weighted by Crippen LogP contribution is 2.09. The lowest BCUT2D eigenvalue weighted by Crippen LogP contribution is -2.39. The fourth-order valence-electron chi connectivity index (χ4n) is 1.51. The fraction of sp³-hybridized carbons (Fsp3) is 0.462. The van der Waals surface area contributed by atoms with Gasteiger partial charge in [-0.15, -0.1) is 5.10 Å². The summed E-state index contributed by atoms with van der Waals surface area (Å²) in [6, 6.07) is 5.98. The summed E-state index contributed by atoms with van der Waals surface area (Å²) in [6.07, 6.45) is 1.79. The highest BCUT2D eigenvalue weighted by Gasteiger charge is 2.12. The summed E-state index contributed by atoms with van der Waals surface area (Å²) in [5.74, 6) is 0.228. The van der Waals surface area contributed by atoms with Crippen LogP contribution in [-0.4, -0.2) is 33.2 Å². The monoisotopic (exact) mass is 262 g/mol. The van der Waals surface area contributed by atoms with Crippen molar-refractivity contribution in [3.8, 4) is 6.01 Å². The quantitative estimate of drug-likeness (QED) is 0.881. The van der Waals surface area contributed by atoms with E-state index in [1.54, 1.807) is 10.6 Å². The fourth-order valence-corrected chi connectivity index (χ4v) is 1.51. The van der Waals surface area contributed by atoms with E-state index in [2.05, 4.69) is 29.4 Å². The number of rotatable bonds is 5. The van der Waals surface area contributed by atoms with E-state index in [-0.39, 0.29) is 18.6 Å². The van der Waals surface area contributed by atoms with Gasteiger partial charge in [-0.3, -0.25) is 9.20 Å². The SMILES string of the molecule is CC(C)[C@@H](C)NC(=O)COc1nnc2ccccn12. The van der Waals surface area contributed by atoms with Crippen LogP contribution < -0.4 is 10.1 Å². The first-order valence-electron chi connectivity index (χ1n) is 6.30. The zero-order valence-corrected chi connectivity index (χ0v) is 11.3. The topological polar surface area (TPSA) is 68.5 Å². The second-order valence-electron chi connectivity index (χ2n) is 4.80. The number of nitrogens with zero attached hydrogens (tertiary/aromatic N) is 3. The first-order chi connectivity index (χ1) is 9.08. The molecule has 0 aliphatic rings. The maximum atomic E-state index is 11.7. The standard InChI is InChI=1S/C13H18N4O2/c1-9(2)10(3)14-12(18)8-19-13-16-15-11-6-4-5-7-17(11)13/h4-7,9-10H,8H2,1-3H3,(H,14,18)/t10-/m1/s1. The third-order valence-electron chi connectivity index (χ3n) is 3.00. The number of carbonyl (C=O) groups is 1. The molecule has 0 aliphatic carbocycles. The predicted molar refractivity (Wildman–Crippen MR) is 70.9 cm³/mol. The van der Waals surface area contributed by atoms with Crippen molar-refractivity contribution in [3.63, 3.8) is 0 Å². The van der Waals surface area contributed by atoms with E-state index < -0.39 is 0 Å². The summed E-state index contributed by atoms with van der Waals surface area (Å²) in [6.45, 7) is 6.01. The van der Waals surface area contributed by atoms with E-state index >= 15 is 0 Å². The van der Waals surface area contributed by atoms with E-state index in [0.29, 0.717) is 17.6 Å². The van der Waals surface area contributed by atoms with Gasteiger partial charge in [0.15, 0.2) is 12.3 Å². The molecule has 0 saturated carbocycles. The van der Waals surface area contributed by atoms with Gasteiger partial charge in [0.1, 0.15) is 0 Å². The third-order valence-corrected chi connectivity index (χ3v) is 3.00. The van der Waals surface area contributed by atoms with Gasteiger partial charge in [-0.25, -0.2) is 0 Å². The Balaban J connectivity index is 1.94. The minimum absolute atomic E-state index is 0.0628. The van der Waals surface area contributed by atoms with Crippen molar-refractivity contribution < 1.29 is 9.53 Å². The molecule has 2 aromatic heterocycles. The molecule has 0 unspecified atom stereocenters. The maximum absolute atomic E-state index is 11.7.